The Morgan fingerprint density at radius 3 is 2.78 bits per heavy atom. The molecule has 18 heavy (non-hydrogen) atoms. The molecule has 1 aromatic heterocycles. The average molecular weight is 300 g/mol. The average Bonchev–Trinajstić information content (AvgIpc) is 2.56. The first kappa shape index (κ1) is 15.2. The monoisotopic (exact) mass is 300 g/mol. The number of alkyl halides is 3. The number of aryl methyl sites for hydroxylation is 1. The van der Waals surface area contributed by atoms with Gasteiger partial charge in [0.05, 0.1) is 5.75 Å². The molecule has 0 saturated carbocycles. The zero-order chi connectivity index (χ0) is 13.8. The van der Waals surface area contributed by atoms with Crippen LogP contribution in [0.5, 0.6) is 0 Å². The normalized spacial score (nSPS) is 11.8. The first-order chi connectivity index (χ1) is 8.29. The van der Waals surface area contributed by atoms with Gasteiger partial charge in [0.1, 0.15) is 0 Å². The zero-order valence-corrected chi connectivity index (χ0v) is 11.0. The molecule has 0 aliphatic rings. The Balaban J connectivity index is 2.58. The van der Waals surface area contributed by atoms with Gasteiger partial charge in [-0.3, -0.25) is 4.79 Å². The molecule has 0 unspecified atom stereocenters. The van der Waals surface area contributed by atoms with Crippen molar-refractivity contribution in [1.82, 2.24) is 9.55 Å². The second-order valence-corrected chi connectivity index (χ2v) is 5.41. The van der Waals surface area contributed by atoms with Gasteiger partial charge in [0.15, 0.2) is 5.16 Å². The molecule has 0 amide bonds. The summed E-state index contributed by atoms with van der Waals surface area (Å²) in [6, 6.07) is 0. The minimum atomic E-state index is -4.25. The van der Waals surface area contributed by atoms with E-state index in [1.54, 1.807) is 11.5 Å². The van der Waals surface area contributed by atoms with E-state index in [-0.39, 0.29) is 29.8 Å². The van der Waals surface area contributed by atoms with Gasteiger partial charge >= 0.3 is 11.5 Å². The lowest BCUT2D eigenvalue weighted by molar-refractivity contribution is -0.133. The fourth-order valence-corrected chi connectivity index (χ4v) is 2.48. The number of hydrogen-bond acceptors (Lipinski definition) is 4. The molecular weight excluding hydrogens is 289 g/mol. The first-order valence-corrected chi connectivity index (χ1v) is 6.84. The number of carboxylic acid groups (broad SMARTS) is 1. The van der Waals surface area contributed by atoms with Crippen molar-refractivity contribution in [2.45, 2.75) is 24.1 Å². The van der Waals surface area contributed by atoms with Gasteiger partial charge in [-0.1, -0.05) is 11.8 Å². The third-order valence-corrected chi connectivity index (χ3v) is 3.61. The fraction of sp³-hybridized carbons (Fsp3) is 0.556. The fourth-order valence-electron chi connectivity index (χ4n) is 1.21. The van der Waals surface area contributed by atoms with Crippen molar-refractivity contribution in [3.05, 3.63) is 11.9 Å². The van der Waals surface area contributed by atoms with Crippen LogP contribution in [0.1, 0.15) is 5.69 Å². The Labute approximate surface area is 110 Å². The molecule has 0 bridgehead atoms. The molecule has 0 radical (unpaired) electrons. The summed E-state index contributed by atoms with van der Waals surface area (Å²) in [5, 5.41) is 8.97. The third-order valence-electron chi connectivity index (χ3n) is 1.92. The van der Waals surface area contributed by atoms with E-state index in [0.29, 0.717) is 10.9 Å². The molecule has 0 aliphatic carbocycles. The van der Waals surface area contributed by atoms with Crippen molar-refractivity contribution >= 4 is 29.5 Å². The maximum atomic E-state index is 12.0. The Morgan fingerprint density at radius 2 is 2.22 bits per heavy atom. The molecule has 0 atom stereocenters. The van der Waals surface area contributed by atoms with Gasteiger partial charge < -0.3 is 9.67 Å². The molecule has 102 valence electrons. The molecule has 1 N–H and O–H groups in total. The van der Waals surface area contributed by atoms with Crippen LogP contribution in [0, 0.1) is 6.92 Å². The summed E-state index contributed by atoms with van der Waals surface area (Å²) < 4.78 is 37.6. The SMILES string of the molecule is Cc1cnc(SCC(=O)O)n1CCSC(F)(F)F. The van der Waals surface area contributed by atoms with E-state index in [9.17, 15) is 18.0 Å². The molecular formula is C9H11F3N2O2S2. The Hall–Kier alpha value is -0.830. The van der Waals surface area contributed by atoms with Crippen LogP contribution in [0.25, 0.3) is 0 Å². The van der Waals surface area contributed by atoms with Gasteiger partial charge in [-0.15, -0.1) is 0 Å². The van der Waals surface area contributed by atoms with Gasteiger partial charge in [0.25, 0.3) is 0 Å². The summed E-state index contributed by atoms with van der Waals surface area (Å²) in [5.74, 6) is -1.28. The van der Waals surface area contributed by atoms with Gasteiger partial charge in [-0.25, -0.2) is 4.98 Å². The number of aliphatic carboxylic acids is 1. The summed E-state index contributed by atoms with van der Waals surface area (Å²) in [7, 11) is 0. The van der Waals surface area contributed by atoms with Gasteiger partial charge in [-0.05, 0) is 18.7 Å². The van der Waals surface area contributed by atoms with E-state index in [1.165, 1.54) is 6.20 Å². The minimum absolute atomic E-state index is 0.101. The van der Waals surface area contributed by atoms with Crippen LogP contribution in [-0.2, 0) is 11.3 Å². The summed E-state index contributed by atoms with van der Waals surface area (Å²) in [4.78, 5) is 14.4. The predicted octanol–water partition coefficient (Wildman–Crippen LogP) is 2.62. The highest BCUT2D eigenvalue weighted by molar-refractivity contribution is 8.00. The molecule has 1 rings (SSSR count). The van der Waals surface area contributed by atoms with Crippen LogP contribution >= 0.6 is 23.5 Å². The smallest absolute Gasteiger partial charge is 0.441 e. The minimum Gasteiger partial charge on any atom is -0.481 e. The van der Waals surface area contributed by atoms with E-state index < -0.39 is 11.5 Å². The molecule has 0 spiro atoms. The lowest BCUT2D eigenvalue weighted by Gasteiger charge is -2.10. The molecule has 9 heteroatoms. The number of carboxylic acids is 1. The topological polar surface area (TPSA) is 55.1 Å². The van der Waals surface area contributed by atoms with E-state index in [0.717, 1.165) is 11.8 Å². The maximum absolute atomic E-state index is 12.0. The Kier molecular flexibility index (Phi) is 5.39. The van der Waals surface area contributed by atoms with Crippen LogP contribution < -0.4 is 0 Å². The summed E-state index contributed by atoms with van der Waals surface area (Å²) in [6.45, 7) is 1.87. The van der Waals surface area contributed by atoms with E-state index in [4.69, 9.17) is 5.11 Å². The van der Waals surface area contributed by atoms with Gasteiger partial charge in [-0.2, -0.15) is 13.2 Å². The number of aromatic nitrogens is 2. The van der Waals surface area contributed by atoms with Crippen molar-refractivity contribution in [3.63, 3.8) is 0 Å². The third kappa shape index (κ3) is 5.21. The highest BCUT2D eigenvalue weighted by Gasteiger charge is 2.27. The number of halogens is 3. The molecule has 0 aromatic carbocycles. The highest BCUT2D eigenvalue weighted by Crippen LogP contribution is 2.30. The van der Waals surface area contributed by atoms with Crippen LogP contribution in [-0.4, -0.2) is 37.6 Å². The van der Waals surface area contributed by atoms with E-state index in [1.807, 2.05) is 0 Å². The van der Waals surface area contributed by atoms with Crippen molar-refractivity contribution < 1.29 is 23.1 Å². The van der Waals surface area contributed by atoms with E-state index >= 15 is 0 Å². The van der Waals surface area contributed by atoms with Crippen molar-refractivity contribution in [2.75, 3.05) is 11.5 Å². The lowest BCUT2D eigenvalue weighted by Crippen LogP contribution is -2.09. The van der Waals surface area contributed by atoms with E-state index in [2.05, 4.69) is 4.98 Å². The van der Waals surface area contributed by atoms with Gasteiger partial charge in [0.2, 0.25) is 0 Å². The standard InChI is InChI=1S/C9H11F3N2O2S2/c1-6-4-13-8(17-5-7(15)16)14(6)2-3-18-9(10,11)12/h4H,2-3,5H2,1H3,(H,15,16). The van der Waals surface area contributed by atoms with Crippen molar-refractivity contribution in [1.29, 1.82) is 0 Å². The Bertz CT molecular complexity index is 420. The van der Waals surface area contributed by atoms with Crippen LogP contribution in [0.2, 0.25) is 0 Å². The lowest BCUT2D eigenvalue weighted by atomic mass is 10.5. The number of nitrogens with zero attached hydrogens (tertiary/aromatic N) is 2. The zero-order valence-electron chi connectivity index (χ0n) is 9.40. The molecule has 1 heterocycles. The molecule has 1 aromatic rings. The second kappa shape index (κ2) is 6.37. The molecule has 4 nitrogen and oxygen atoms in total. The first-order valence-electron chi connectivity index (χ1n) is 4.87. The second-order valence-electron chi connectivity index (χ2n) is 3.31. The summed E-state index contributed by atoms with van der Waals surface area (Å²) in [5.41, 5.74) is -3.53. The molecule has 0 saturated heterocycles. The van der Waals surface area contributed by atoms with Gasteiger partial charge in [0, 0.05) is 24.2 Å². The number of imidazole rings is 1. The predicted molar refractivity (Wildman–Crippen MR) is 63.8 cm³/mol. The van der Waals surface area contributed by atoms with Crippen LogP contribution in [0.3, 0.4) is 0 Å². The van der Waals surface area contributed by atoms with Crippen molar-refractivity contribution in [2.24, 2.45) is 0 Å². The maximum Gasteiger partial charge on any atom is 0.441 e. The van der Waals surface area contributed by atoms with Crippen LogP contribution in [0.4, 0.5) is 13.2 Å². The summed E-state index contributed by atoms with van der Waals surface area (Å²) >= 11 is 0.895. The van der Waals surface area contributed by atoms with Crippen molar-refractivity contribution in [3.8, 4) is 0 Å². The molecule has 0 fully saturated rings. The highest BCUT2D eigenvalue weighted by atomic mass is 32.2. The number of hydrogen-bond donors (Lipinski definition) is 1. The number of thioether (sulfide) groups is 2. The largest absolute Gasteiger partial charge is 0.481 e. The summed E-state index contributed by atoms with van der Waals surface area (Å²) in [6.07, 6.45) is 1.52. The Morgan fingerprint density at radius 1 is 1.56 bits per heavy atom. The number of rotatable bonds is 6. The molecule has 0 aliphatic heterocycles. The quantitative estimate of drug-likeness (QED) is 0.819. The number of carbonyl (C=O) groups is 1. The van der Waals surface area contributed by atoms with Crippen LogP contribution in [0.15, 0.2) is 11.4 Å².